The molecule has 1 fully saturated rings. The Bertz CT molecular complexity index is 1000. The number of rotatable bonds is 6. The fourth-order valence-corrected chi connectivity index (χ4v) is 4.73. The van der Waals surface area contributed by atoms with Crippen LogP contribution in [0.3, 0.4) is 0 Å². The van der Waals surface area contributed by atoms with Crippen LogP contribution in [0, 0.1) is 0 Å². The van der Waals surface area contributed by atoms with Crippen LogP contribution in [0.15, 0.2) is 46.1 Å². The zero-order chi connectivity index (χ0) is 21.0. The van der Waals surface area contributed by atoms with Gasteiger partial charge in [-0.2, -0.15) is 0 Å². The maximum absolute atomic E-state index is 12.4. The molecule has 1 saturated heterocycles. The third kappa shape index (κ3) is 5.44. The van der Waals surface area contributed by atoms with Gasteiger partial charge in [-0.05, 0) is 0 Å². The van der Waals surface area contributed by atoms with Crippen molar-refractivity contribution in [3.8, 4) is 0 Å². The summed E-state index contributed by atoms with van der Waals surface area (Å²) in [6, 6.07) is 9.46. The van der Waals surface area contributed by atoms with Crippen LogP contribution in [-0.2, 0) is 23.8 Å². The summed E-state index contributed by atoms with van der Waals surface area (Å²) in [4.78, 5) is 49.4. The molecule has 3 rings (SSSR count). The first-order valence-corrected chi connectivity index (χ1v) is 10.6. The van der Waals surface area contributed by atoms with Gasteiger partial charge in [0.1, 0.15) is 0 Å². The molecule has 29 heavy (non-hydrogen) atoms. The van der Waals surface area contributed by atoms with Crippen molar-refractivity contribution >= 4 is 35.8 Å². The number of hydrogen-bond donors (Lipinski definition) is 1. The number of carbonyl (C=O) groups excluding carboxylic acids is 2. The number of benzene rings is 1. The standard InChI is InChI=1S/C19H20N2O7Se/c1-11(22)26-10-15-14(27-12(2)23)8-17(28-15)21-9-16(18(24)20-19(21)25)29-13-6-4-3-5-7-13/h3-7,9,14-15,17H,8,10H2,1-2H3,(H,20,24,25)/t14-,15+,17+/m0/s1. The Balaban J connectivity index is 1.85. The van der Waals surface area contributed by atoms with E-state index < -0.39 is 41.6 Å². The Labute approximate surface area is 172 Å². The van der Waals surface area contributed by atoms with E-state index >= 15 is 0 Å². The molecule has 1 aliphatic rings. The first-order chi connectivity index (χ1) is 13.8. The van der Waals surface area contributed by atoms with Gasteiger partial charge in [-0.25, -0.2) is 0 Å². The molecule has 0 amide bonds. The number of nitrogens with one attached hydrogen (secondary N) is 1. The zero-order valence-electron chi connectivity index (χ0n) is 15.8. The molecule has 0 unspecified atom stereocenters. The molecule has 2 heterocycles. The van der Waals surface area contributed by atoms with Crippen molar-refractivity contribution in [2.45, 2.75) is 38.7 Å². The second-order valence-corrected chi connectivity index (χ2v) is 8.73. The van der Waals surface area contributed by atoms with Gasteiger partial charge in [0.15, 0.2) is 0 Å². The number of esters is 2. The molecule has 0 radical (unpaired) electrons. The van der Waals surface area contributed by atoms with Gasteiger partial charge in [0.2, 0.25) is 0 Å². The predicted molar refractivity (Wildman–Crippen MR) is 104 cm³/mol. The van der Waals surface area contributed by atoms with Gasteiger partial charge >= 0.3 is 172 Å². The first kappa shape index (κ1) is 21.0. The Kier molecular flexibility index (Phi) is 6.68. The van der Waals surface area contributed by atoms with Gasteiger partial charge < -0.3 is 0 Å². The molecule has 10 heteroatoms. The van der Waals surface area contributed by atoms with Gasteiger partial charge in [-0.15, -0.1) is 0 Å². The molecule has 0 spiro atoms. The van der Waals surface area contributed by atoms with E-state index in [0.717, 1.165) is 4.46 Å². The summed E-state index contributed by atoms with van der Waals surface area (Å²) in [5.74, 6) is -0.998. The van der Waals surface area contributed by atoms with Crippen LogP contribution in [0.5, 0.6) is 0 Å². The average Bonchev–Trinajstić information content (AvgIpc) is 3.04. The Morgan fingerprint density at radius 2 is 1.93 bits per heavy atom. The van der Waals surface area contributed by atoms with Crippen LogP contribution in [0.2, 0.25) is 0 Å². The predicted octanol–water partition coefficient (Wildman–Crippen LogP) is -1.03. The molecule has 1 aromatic carbocycles. The summed E-state index contributed by atoms with van der Waals surface area (Å²) in [6.45, 7) is 2.42. The molecular weight excluding hydrogens is 447 g/mol. The molecule has 3 atom stereocenters. The summed E-state index contributed by atoms with van der Waals surface area (Å²) < 4.78 is 18.8. The van der Waals surface area contributed by atoms with E-state index in [1.807, 2.05) is 30.3 Å². The molecule has 1 aromatic heterocycles. The number of aromatic nitrogens is 2. The molecule has 0 saturated carbocycles. The minimum atomic E-state index is -0.769. The van der Waals surface area contributed by atoms with Gasteiger partial charge in [0, 0.05) is 0 Å². The molecule has 2 aromatic rings. The Hall–Kier alpha value is -2.68. The Morgan fingerprint density at radius 3 is 2.59 bits per heavy atom. The van der Waals surface area contributed by atoms with Crippen molar-refractivity contribution in [2.75, 3.05) is 6.61 Å². The van der Waals surface area contributed by atoms with E-state index in [2.05, 4.69) is 4.98 Å². The van der Waals surface area contributed by atoms with E-state index in [1.165, 1.54) is 24.6 Å². The first-order valence-electron chi connectivity index (χ1n) is 8.88. The van der Waals surface area contributed by atoms with Gasteiger partial charge in [0.25, 0.3) is 0 Å². The number of nitrogens with zero attached hydrogens (tertiary/aromatic N) is 1. The molecule has 1 N–H and O–H groups in total. The molecule has 154 valence electrons. The van der Waals surface area contributed by atoms with Crippen molar-refractivity contribution in [2.24, 2.45) is 0 Å². The molecule has 0 bridgehead atoms. The van der Waals surface area contributed by atoms with E-state index in [0.29, 0.717) is 4.46 Å². The number of hydrogen-bond acceptors (Lipinski definition) is 7. The van der Waals surface area contributed by atoms with Crippen LogP contribution >= 0.6 is 0 Å². The van der Waals surface area contributed by atoms with Crippen LogP contribution in [0.25, 0.3) is 0 Å². The monoisotopic (exact) mass is 468 g/mol. The fourth-order valence-electron chi connectivity index (χ4n) is 2.93. The van der Waals surface area contributed by atoms with Crippen molar-refractivity contribution in [3.63, 3.8) is 0 Å². The Morgan fingerprint density at radius 1 is 1.21 bits per heavy atom. The number of ether oxygens (including phenoxy) is 3. The van der Waals surface area contributed by atoms with E-state index in [9.17, 15) is 19.2 Å². The summed E-state index contributed by atoms with van der Waals surface area (Å²) in [7, 11) is 0. The van der Waals surface area contributed by atoms with Crippen LogP contribution in [0.4, 0.5) is 0 Å². The summed E-state index contributed by atoms with van der Waals surface area (Å²) >= 11 is -0.310. The summed E-state index contributed by atoms with van der Waals surface area (Å²) in [5, 5.41) is 0. The third-order valence-corrected chi connectivity index (χ3v) is 6.30. The zero-order valence-corrected chi connectivity index (χ0v) is 17.5. The van der Waals surface area contributed by atoms with Crippen molar-refractivity contribution < 1.29 is 23.8 Å². The van der Waals surface area contributed by atoms with Crippen LogP contribution in [-0.4, -0.2) is 55.3 Å². The van der Waals surface area contributed by atoms with Crippen LogP contribution < -0.4 is 20.2 Å². The average molecular weight is 467 g/mol. The molecular formula is C19H20N2O7Se. The topological polar surface area (TPSA) is 117 Å². The second kappa shape index (κ2) is 9.21. The van der Waals surface area contributed by atoms with E-state index in [-0.39, 0.29) is 28.0 Å². The minimum absolute atomic E-state index is 0.108. The van der Waals surface area contributed by atoms with Gasteiger partial charge in [-0.1, -0.05) is 0 Å². The quantitative estimate of drug-likeness (QED) is 0.427. The fraction of sp³-hybridized carbons (Fsp3) is 0.368. The number of H-pyrrole nitrogens is 1. The van der Waals surface area contributed by atoms with Gasteiger partial charge in [-0.3, -0.25) is 0 Å². The summed E-state index contributed by atoms with van der Waals surface area (Å²) in [5.41, 5.74) is -1.07. The van der Waals surface area contributed by atoms with Crippen molar-refractivity contribution in [1.82, 2.24) is 9.55 Å². The van der Waals surface area contributed by atoms with Crippen molar-refractivity contribution in [1.29, 1.82) is 0 Å². The second-order valence-electron chi connectivity index (χ2n) is 6.39. The number of aromatic amines is 1. The van der Waals surface area contributed by atoms with Crippen molar-refractivity contribution in [3.05, 3.63) is 57.4 Å². The number of carbonyl (C=O) groups is 2. The maximum atomic E-state index is 12.4. The summed E-state index contributed by atoms with van der Waals surface area (Å²) in [6.07, 6.45) is -0.490. The third-order valence-electron chi connectivity index (χ3n) is 4.17. The van der Waals surface area contributed by atoms with E-state index in [1.54, 1.807) is 0 Å². The SMILES string of the molecule is CC(=O)OC[C@H]1O[C@@H](n2cc([Se]c3ccccc3)c(=O)[nH]c2=O)C[C@@H]1OC(C)=O. The molecule has 1 aliphatic heterocycles. The van der Waals surface area contributed by atoms with E-state index in [4.69, 9.17) is 14.2 Å². The van der Waals surface area contributed by atoms with Crippen LogP contribution in [0.1, 0.15) is 26.5 Å². The normalized spacial score (nSPS) is 21.0. The molecule has 9 nitrogen and oxygen atoms in total. The molecule has 0 aliphatic carbocycles. The van der Waals surface area contributed by atoms with Gasteiger partial charge in [0.05, 0.1) is 0 Å².